The molecule has 0 aromatic carbocycles. The number of carbonyl (C=O) groups excluding carboxylic acids is 2. The third kappa shape index (κ3) is 4.18. The Morgan fingerprint density at radius 1 is 0.958 bits per heavy atom. The Hall–Kier alpha value is -1.80. The molecular formula is C16H20N4O2S2. The Morgan fingerprint density at radius 2 is 1.42 bits per heavy atom. The maximum atomic E-state index is 12.4. The molecule has 0 unspecified atom stereocenters. The monoisotopic (exact) mass is 364 g/mol. The Bertz CT molecular complexity index is 680. The van der Waals surface area contributed by atoms with Gasteiger partial charge in [0, 0.05) is 34.0 Å². The van der Waals surface area contributed by atoms with Crippen molar-refractivity contribution in [1.29, 1.82) is 0 Å². The second kappa shape index (κ2) is 7.40. The number of aromatic nitrogens is 2. The predicted octanol–water partition coefficient (Wildman–Crippen LogP) is 3.60. The fourth-order valence-electron chi connectivity index (χ4n) is 2.91. The maximum Gasteiger partial charge on any atom is 0.229 e. The van der Waals surface area contributed by atoms with Crippen LogP contribution in [0, 0.1) is 25.7 Å². The van der Waals surface area contributed by atoms with Crippen LogP contribution in [0.15, 0.2) is 12.4 Å². The molecule has 0 radical (unpaired) electrons. The second-order valence-electron chi connectivity index (χ2n) is 6.09. The third-order valence-corrected chi connectivity index (χ3v) is 5.78. The number of nitrogens with zero attached hydrogens (tertiary/aromatic N) is 2. The number of aryl methyl sites for hydroxylation is 2. The molecule has 1 fully saturated rings. The molecule has 2 N–H and O–H groups in total. The highest BCUT2D eigenvalue weighted by Crippen LogP contribution is 2.31. The van der Waals surface area contributed by atoms with Gasteiger partial charge in [0.15, 0.2) is 10.3 Å². The van der Waals surface area contributed by atoms with Crippen LogP contribution in [0.5, 0.6) is 0 Å². The summed E-state index contributed by atoms with van der Waals surface area (Å²) >= 11 is 2.92. The van der Waals surface area contributed by atoms with Crippen LogP contribution in [0.2, 0.25) is 0 Å². The summed E-state index contributed by atoms with van der Waals surface area (Å²) in [7, 11) is 0. The molecule has 1 saturated carbocycles. The average Bonchev–Trinajstić information content (AvgIpc) is 3.15. The van der Waals surface area contributed by atoms with Crippen molar-refractivity contribution in [3.8, 4) is 0 Å². The fraction of sp³-hybridized carbons (Fsp3) is 0.500. The molecule has 0 aliphatic heterocycles. The topological polar surface area (TPSA) is 84.0 Å². The lowest BCUT2D eigenvalue weighted by Crippen LogP contribution is -2.33. The largest absolute Gasteiger partial charge is 0.302 e. The Morgan fingerprint density at radius 3 is 1.79 bits per heavy atom. The number of rotatable bonds is 4. The van der Waals surface area contributed by atoms with Crippen LogP contribution in [0.1, 0.15) is 35.4 Å². The molecule has 2 aromatic heterocycles. The summed E-state index contributed by atoms with van der Waals surface area (Å²) < 4.78 is 0. The molecular weight excluding hydrogens is 344 g/mol. The summed E-state index contributed by atoms with van der Waals surface area (Å²) in [6.07, 6.45) is 6.57. The van der Waals surface area contributed by atoms with E-state index in [0.717, 1.165) is 29.0 Å². The van der Waals surface area contributed by atoms with Gasteiger partial charge in [-0.25, -0.2) is 9.97 Å². The van der Waals surface area contributed by atoms with Crippen LogP contribution in [0.4, 0.5) is 10.3 Å². The molecule has 0 bridgehead atoms. The van der Waals surface area contributed by atoms with Gasteiger partial charge in [-0.1, -0.05) is 6.42 Å². The van der Waals surface area contributed by atoms with E-state index in [9.17, 15) is 9.59 Å². The van der Waals surface area contributed by atoms with Crippen LogP contribution in [-0.2, 0) is 9.59 Å². The van der Waals surface area contributed by atoms with Crippen molar-refractivity contribution < 1.29 is 9.59 Å². The van der Waals surface area contributed by atoms with Crippen LogP contribution < -0.4 is 10.6 Å². The molecule has 2 aromatic rings. The van der Waals surface area contributed by atoms with Crippen LogP contribution in [0.3, 0.4) is 0 Å². The second-order valence-corrected chi connectivity index (χ2v) is 8.56. The highest BCUT2D eigenvalue weighted by molar-refractivity contribution is 7.16. The van der Waals surface area contributed by atoms with Gasteiger partial charge < -0.3 is 10.6 Å². The molecule has 8 heteroatoms. The minimum absolute atomic E-state index is 0.0352. The van der Waals surface area contributed by atoms with Gasteiger partial charge in [0.05, 0.1) is 0 Å². The SMILES string of the molecule is Cc1cnc(NC(=O)[C@H]2CCC[C@H](C(=O)Nc3ncc(C)s3)C2)s1. The number of amides is 2. The number of hydrogen-bond donors (Lipinski definition) is 2. The molecule has 2 amide bonds. The molecule has 2 heterocycles. The van der Waals surface area contributed by atoms with Crippen LogP contribution >= 0.6 is 22.7 Å². The zero-order valence-corrected chi connectivity index (χ0v) is 15.3. The zero-order valence-electron chi connectivity index (χ0n) is 13.7. The Balaban J connectivity index is 1.57. The normalized spacial score (nSPS) is 20.6. The highest BCUT2D eigenvalue weighted by Gasteiger charge is 2.31. The lowest BCUT2D eigenvalue weighted by Gasteiger charge is -2.27. The van der Waals surface area contributed by atoms with Gasteiger partial charge in [-0.3, -0.25) is 9.59 Å². The summed E-state index contributed by atoms with van der Waals surface area (Å²) in [4.78, 5) is 35.3. The van der Waals surface area contributed by atoms with Crippen molar-refractivity contribution in [1.82, 2.24) is 9.97 Å². The van der Waals surface area contributed by atoms with Crippen molar-refractivity contribution in [3.63, 3.8) is 0 Å². The van der Waals surface area contributed by atoms with E-state index < -0.39 is 0 Å². The molecule has 0 saturated heterocycles. The van der Waals surface area contributed by atoms with E-state index in [1.54, 1.807) is 12.4 Å². The van der Waals surface area contributed by atoms with Gasteiger partial charge >= 0.3 is 0 Å². The molecule has 128 valence electrons. The third-order valence-electron chi connectivity index (χ3n) is 4.12. The van der Waals surface area contributed by atoms with Crippen molar-refractivity contribution in [2.24, 2.45) is 11.8 Å². The molecule has 1 aliphatic carbocycles. The number of nitrogens with one attached hydrogen (secondary N) is 2. The first-order valence-corrected chi connectivity index (χ1v) is 9.61. The highest BCUT2D eigenvalue weighted by atomic mass is 32.1. The quantitative estimate of drug-likeness (QED) is 0.868. The average molecular weight is 364 g/mol. The van der Waals surface area contributed by atoms with E-state index in [1.165, 1.54) is 22.7 Å². The van der Waals surface area contributed by atoms with E-state index in [0.29, 0.717) is 16.7 Å². The minimum atomic E-state index is -0.142. The lowest BCUT2D eigenvalue weighted by molar-refractivity contribution is -0.124. The molecule has 2 atom stereocenters. The first-order valence-electron chi connectivity index (χ1n) is 7.98. The molecule has 0 spiro atoms. The predicted molar refractivity (Wildman–Crippen MR) is 96.4 cm³/mol. The van der Waals surface area contributed by atoms with E-state index in [1.807, 2.05) is 13.8 Å². The molecule has 1 aliphatic rings. The van der Waals surface area contributed by atoms with Gasteiger partial charge in [-0.2, -0.15) is 0 Å². The summed E-state index contributed by atoms with van der Waals surface area (Å²) in [5.41, 5.74) is 0. The first-order chi connectivity index (χ1) is 11.5. The number of anilines is 2. The summed E-state index contributed by atoms with van der Waals surface area (Å²) in [6.45, 7) is 3.91. The van der Waals surface area contributed by atoms with E-state index in [4.69, 9.17) is 0 Å². The van der Waals surface area contributed by atoms with Gasteiger partial charge in [-0.15, -0.1) is 22.7 Å². The van der Waals surface area contributed by atoms with E-state index >= 15 is 0 Å². The standard InChI is InChI=1S/C16H20N4O2S2/c1-9-7-17-15(23-9)19-13(21)11-4-3-5-12(6-11)14(22)20-16-18-8-10(2)24-16/h7-8,11-12H,3-6H2,1-2H3,(H,17,19,21)(H,18,20,22)/t11-,12-/m0/s1. The molecule has 6 nitrogen and oxygen atoms in total. The Kier molecular flexibility index (Phi) is 5.25. The van der Waals surface area contributed by atoms with E-state index in [-0.39, 0.29) is 23.7 Å². The molecule has 24 heavy (non-hydrogen) atoms. The van der Waals surface area contributed by atoms with Crippen LogP contribution in [0.25, 0.3) is 0 Å². The summed E-state index contributed by atoms with van der Waals surface area (Å²) in [5, 5.41) is 7.00. The zero-order chi connectivity index (χ0) is 17.1. The number of hydrogen-bond acceptors (Lipinski definition) is 6. The lowest BCUT2D eigenvalue weighted by atomic mass is 9.80. The van der Waals surface area contributed by atoms with Gasteiger partial charge in [0.1, 0.15) is 0 Å². The van der Waals surface area contributed by atoms with Crippen molar-refractivity contribution in [3.05, 3.63) is 22.1 Å². The van der Waals surface area contributed by atoms with Gasteiger partial charge in [-0.05, 0) is 33.1 Å². The minimum Gasteiger partial charge on any atom is -0.302 e. The smallest absolute Gasteiger partial charge is 0.229 e. The molecule has 3 rings (SSSR count). The first kappa shape index (κ1) is 17.0. The van der Waals surface area contributed by atoms with Crippen LogP contribution in [-0.4, -0.2) is 21.8 Å². The van der Waals surface area contributed by atoms with Crippen molar-refractivity contribution >= 4 is 44.8 Å². The van der Waals surface area contributed by atoms with Crippen molar-refractivity contribution in [2.75, 3.05) is 10.6 Å². The Labute approximate surface area is 148 Å². The maximum absolute atomic E-state index is 12.4. The number of thiazole rings is 2. The van der Waals surface area contributed by atoms with Gasteiger partial charge in [0.2, 0.25) is 11.8 Å². The fourth-order valence-corrected chi connectivity index (χ4v) is 4.24. The van der Waals surface area contributed by atoms with Crippen molar-refractivity contribution in [2.45, 2.75) is 39.5 Å². The summed E-state index contributed by atoms with van der Waals surface area (Å²) in [6, 6.07) is 0. The van der Waals surface area contributed by atoms with Gasteiger partial charge in [0.25, 0.3) is 0 Å². The summed E-state index contributed by atoms with van der Waals surface area (Å²) in [5.74, 6) is -0.354. The van der Waals surface area contributed by atoms with E-state index in [2.05, 4.69) is 20.6 Å². The number of carbonyl (C=O) groups is 2.